The van der Waals surface area contributed by atoms with Gasteiger partial charge in [-0.05, 0) is 18.3 Å². The lowest BCUT2D eigenvalue weighted by molar-refractivity contribution is -0.146. The first-order valence-corrected chi connectivity index (χ1v) is 7.20. The van der Waals surface area contributed by atoms with Crippen LogP contribution < -0.4 is 5.32 Å². The summed E-state index contributed by atoms with van der Waals surface area (Å²) < 4.78 is 0. The summed E-state index contributed by atoms with van der Waals surface area (Å²) >= 11 is 0. The Kier molecular flexibility index (Phi) is 4.25. The first-order valence-electron chi connectivity index (χ1n) is 7.20. The number of carbonyl (C=O) groups excluding carboxylic acids is 2. The highest BCUT2D eigenvalue weighted by molar-refractivity contribution is 5.95. The molecule has 2 aliphatic rings. The molecule has 18 heavy (non-hydrogen) atoms. The fraction of sp³-hybridized carbons (Fsp3) is 0.857. The van der Waals surface area contributed by atoms with E-state index in [1.54, 1.807) is 4.90 Å². The number of hydrogen-bond donors (Lipinski definition) is 1. The predicted molar refractivity (Wildman–Crippen MR) is 69.9 cm³/mol. The minimum Gasteiger partial charge on any atom is -0.342 e. The van der Waals surface area contributed by atoms with Crippen LogP contribution in [-0.2, 0) is 9.59 Å². The summed E-state index contributed by atoms with van der Waals surface area (Å²) in [4.78, 5) is 25.7. The van der Waals surface area contributed by atoms with Crippen LogP contribution in [-0.4, -0.2) is 35.8 Å². The third-order valence-electron chi connectivity index (χ3n) is 4.47. The van der Waals surface area contributed by atoms with Crippen molar-refractivity contribution in [1.29, 1.82) is 0 Å². The molecule has 1 N–H and O–H groups in total. The second kappa shape index (κ2) is 5.72. The molecular weight excluding hydrogens is 228 g/mol. The molecule has 2 amide bonds. The van der Waals surface area contributed by atoms with E-state index < -0.39 is 0 Å². The molecule has 0 aromatic heterocycles. The van der Waals surface area contributed by atoms with Gasteiger partial charge in [-0.3, -0.25) is 9.59 Å². The Morgan fingerprint density at radius 3 is 2.67 bits per heavy atom. The second-order valence-electron chi connectivity index (χ2n) is 5.78. The maximum absolute atomic E-state index is 12.3. The molecule has 0 aromatic carbocycles. The number of rotatable bonds is 5. The van der Waals surface area contributed by atoms with Gasteiger partial charge in [0.15, 0.2) is 0 Å². The third-order valence-corrected chi connectivity index (χ3v) is 4.47. The third kappa shape index (κ3) is 2.85. The minimum atomic E-state index is -0.308. The Hall–Kier alpha value is -1.06. The number of hydrogen-bond acceptors (Lipinski definition) is 2. The maximum Gasteiger partial charge on any atom is 0.245 e. The molecule has 1 heterocycles. The van der Waals surface area contributed by atoms with Crippen molar-refractivity contribution in [3.05, 3.63) is 0 Å². The summed E-state index contributed by atoms with van der Waals surface area (Å²) in [6.45, 7) is 5.08. The first kappa shape index (κ1) is 13.4. The van der Waals surface area contributed by atoms with E-state index in [1.165, 1.54) is 19.3 Å². The number of piperazine rings is 1. The lowest BCUT2D eigenvalue weighted by Crippen LogP contribution is -2.60. The summed E-state index contributed by atoms with van der Waals surface area (Å²) in [6.07, 6.45) is 5.89. The number of amides is 2. The average molecular weight is 252 g/mol. The van der Waals surface area contributed by atoms with Crippen LogP contribution >= 0.6 is 0 Å². The van der Waals surface area contributed by atoms with Gasteiger partial charge < -0.3 is 10.2 Å². The largest absolute Gasteiger partial charge is 0.342 e. The topological polar surface area (TPSA) is 49.4 Å². The van der Waals surface area contributed by atoms with Crippen molar-refractivity contribution >= 4 is 11.8 Å². The van der Waals surface area contributed by atoms with Crippen LogP contribution in [0.15, 0.2) is 0 Å². The lowest BCUT2D eigenvalue weighted by atomic mass is 9.83. The highest BCUT2D eigenvalue weighted by Gasteiger charge is 2.35. The first-order chi connectivity index (χ1) is 8.61. The molecule has 102 valence electrons. The second-order valence-corrected chi connectivity index (χ2v) is 5.78. The molecular formula is C14H24N2O2. The summed E-state index contributed by atoms with van der Waals surface area (Å²) in [7, 11) is 0. The van der Waals surface area contributed by atoms with Gasteiger partial charge in [-0.15, -0.1) is 0 Å². The van der Waals surface area contributed by atoms with Gasteiger partial charge in [-0.25, -0.2) is 0 Å². The van der Waals surface area contributed by atoms with Crippen molar-refractivity contribution in [2.24, 2.45) is 11.8 Å². The fourth-order valence-corrected chi connectivity index (χ4v) is 2.66. The molecule has 2 atom stereocenters. The van der Waals surface area contributed by atoms with Gasteiger partial charge in [0, 0.05) is 6.54 Å². The zero-order valence-corrected chi connectivity index (χ0v) is 11.4. The van der Waals surface area contributed by atoms with Gasteiger partial charge in [-0.2, -0.15) is 0 Å². The number of nitrogens with one attached hydrogen (secondary N) is 1. The number of nitrogens with zero attached hydrogens (tertiary/aromatic N) is 1. The monoisotopic (exact) mass is 252 g/mol. The lowest BCUT2D eigenvalue weighted by Gasteiger charge is -2.36. The van der Waals surface area contributed by atoms with Gasteiger partial charge >= 0.3 is 0 Å². The SMILES string of the molecule is CCC(C)C1NC(=O)CN(CCC2CCC2)C1=O. The predicted octanol–water partition coefficient (Wildman–Crippen LogP) is 1.55. The van der Waals surface area contributed by atoms with E-state index in [0.717, 1.165) is 25.3 Å². The fourth-order valence-electron chi connectivity index (χ4n) is 2.66. The van der Waals surface area contributed by atoms with Crippen molar-refractivity contribution in [1.82, 2.24) is 10.2 Å². The molecule has 1 saturated carbocycles. The van der Waals surface area contributed by atoms with E-state index in [9.17, 15) is 9.59 Å². The van der Waals surface area contributed by atoms with Crippen LogP contribution in [0.25, 0.3) is 0 Å². The van der Waals surface area contributed by atoms with Crippen LogP contribution in [0.1, 0.15) is 46.0 Å². The van der Waals surface area contributed by atoms with Crippen molar-refractivity contribution in [2.45, 2.75) is 52.0 Å². The van der Waals surface area contributed by atoms with E-state index in [0.29, 0.717) is 0 Å². The van der Waals surface area contributed by atoms with Crippen LogP contribution in [0.3, 0.4) is 0 Å². The smallest absolute Gasteiger partial charge is 0.245 e. The quantitative estimate of drug-likeness (QED) is 0.807. The van der Waals surface area contributed by atoms with Gasteiger partial charge in [0.2, 0.25) is 11.8 Å². The molecule has 1 aliphatic heterocycles. The molecule has 2 fully saturated rings. The van der Waals surface area contributed by atoms with Gasteiger partial charge in [-0.1, -0.05) is 39.5 Å². The summed E-state index contributed by atoms with van der Waals surface area (Å²) in [6, 6.07) is -0.308. The van der Waals surface area contributed by atoms with E-state index in [1.807, 2.05) is 6.92 Å². The average Bonchev–Trinajstić information content (AvgIpc) is 2.30. The molecule has 0 bridgehead atoms. The Balaban J connectivity index is 1.91. The zero-order valence-electron chi connectivity index (χ0n) is 11.4. The van der Waals surface area contributed by atoms with Crippen LogP contribution in [0, 0.1) is 11.8 Å². The molecule has 4 heteroatoms. The van der Waals surface area contributed by atoms with Crippen molar-refractivity contribution in [3.63, 3.8) is 0 Å². The van der Waals surface area contributed by atoms with Crippen molar-refractivity contribution in [3.8, 4) is 0 Å². The Morgan fingerprint density at radius 1 is 1.39 bits per heavy atom. The van der Waals surface area contributed by atoms with Crippen LogP contribution in [0.4, 0.5) is 0 Å². The summed E-state index contributed by atoms with van der Waals surface area (Å²) in [5.41, 5.74) is 0. The summed E-state index contributed by atoms with van der Waals surface area (Å²) in [5.74, 6) is 1.11. The van der Waals surface area contributed by atoms with E-state index in [2.05, 4.69) is 12.2 Å². The Bertz CT molecular complexity index is 326. The minimum absolute atomic E-state index is 0.00601. The molecule has 2 rings (SSSR count). The molecule has 0 spiro atoms. The molecule has 1 saturated heterocycles. The zero-order chi connectivity index (χ0) is 13.1. The standard InChI is InChI=1S/C14H24N2O2/c1-3-10(2)13-14(18)16(9-12(17)15-13)8-7-11-5-4-6-11/h10-11,13H,3-9H2,1-2H3,(H,15,17). The van der Waals surface area contributed by atoms with Crippen molar-refractivity contribution < 1.29 is 9.59 Å². The van der Waals surface area contributed by atoms with Crippen LogP contribution in [0.5, 0.6) is 0 Å². The number of carbonyl (C=O) groups is 2. The molecule has 0 aromatic rings. The van der Waals surface area contributed by atoms with Gasteiger partial charge in [0.05, 0.1) is 6.54 Å². The Labute approximate surface area is 109 Å². The van der Waals surface area contributed by atoms with E-state index in [4.69, 9.17) is 0 Å². The molecule has 1 aliphatic carbocycles. The highest BCUT2D eigenvalue weighted by atomic mass is 16.2. The van der Waals surface area contributed by atoms with Crippen LogP contribution in [0.2, 0.25) is 0 Å². The molecule has 4 nitrogen and oxygen atoms in total. The molecule has 2 unspecified atom stereocenters. The highest BCUT2D eigenvalue weighted by Crippen LogP contribution is 2.29. The van der Waals surface area contributed by atoms with E-state index in [-0.39, 0.29) is 30.3 Å². The summed E-state index contributed by atoms with van der Waals surface area (Å²) in [5, 5.41) is 2.83. The Morgan fingerprint density at radius 2 is 2.11 bits per heavy atom. The molecule has 0 radical (unpaired) electrons. The van der Waals surface area contributed by atoms with Crippen molar-refractivity contribution in [2.75, 3.05) is 13.1 Å². The normalized spacial score (nSPS) is 26.8. The maximum atomic E-state index is 12.3. The van der Waals surface area contributed by atoms with E-state index >= 15 is 0 Å². The van der Waals surface area contributed by atoms with Gasteiger partial charge in [0.25, 0.3) is 0 Å². The van der Waals surface area contributed by atoms with Gasteiger partial charge in [0.1, 0.15) is 6.04 Å².